The molecular formula is C22H28N6O2. The lowest BCUT2D eigenvalue weighted by molar-refractivity contribution is -0.110. The number of H-pyrrole nitrogens is 1. The Bertz CT molecular complexity index is 1000. The molecule has 0 saturated carbocycles. The highest BCUT2D eigenvalue weighted by Gasteiger charge is 2.26. The first-order valence-corrected chi connectivity index (χ1v) is 10.3. The molecule has 0 unspecified atom stereocenters. The van der Waals surface area contributed by atoms with Gasteiger partial charge in [0.05, 0.1) is 22.5 Å². The Balaban J connectivity index is 1.46. The fourth-order valence-electron chi connectivity index (χ4n) is 4.04. The van der Waals surface area contributed by atoms with Gasteiger partial charge in [0.15, 0.2) is 0 Å². The van der Waals surface area contributed by atoms with Crippen LogP contribution in [0, 0.1) is 13.8 Å². The van der Waals surface area contributed by atoms with Crippen LogP contribution in [0.4, 0.5) is 5.69 Å². The van der Waals surface area contributed by atoms with E-state index in [0.29, 0.717) is 29.1 Å². The molecule has 8 heteroatoms. The van der Waals surface area contributed by atoms with E-state index in [1.54, 1.807) is 18.3 Å². The molecule has 0 aliphatic carbocycles. The van der Waals surface area contributed by atoms with Gasteiger partial charge in [0.1, 0.15) is 0 Å². The maximum absolute atomic E-state index is 12.8. The SMILES string of the molecule is Cc1[nH]c(C=C2C(=O)Nc3cccnc32)c(C)c1C(=O)NCCN1CCN(C)CC1. The Kier molecular flexibility index (Phi) is 5.69. The van der Waals surface area contributed by atoms with E-state index in [1.165, 1.54) is 0 Å². The summed E-state index contributed by atoms with van der Waals surface area (Å²) in [5.41, 5.74) is 4.84. The largest absolute Gasteiger partial charge is 0.358 e. The van der Waals surface area contributed by atoms with Gasteiger partial charge in [-0.05, 0) is 44.7 Å². The van der Waals surface area contributed by atoms with Gasteiger partial charge >= 0.3 is 0 Å². The summed E-state index contributed by atoms with van der Waals surface area (Å²) in [7, 11) is 2.13. The van der Waals surface area contributed by atoms with Crippen LogP contribution in [-0.2, 0) is 4.79 Å². The topological polar surface area (TPSA) is 93.4 Å². The predicted octanol–water partition coefficient (Wildman–Crippen LogP) is 1.50. The monoisotopic (exact) mass is 408 g/mol. The highest BCUT2D eigenvalue weighted by molar-refractivity contribution is 6.34. The quantitative estimate of drug-likeness (QED) is 0.652. The number of pyridine rings is 1. The van der Waals surface area contributed by atoms with Gasteiger partial charge in [-0.1, -0.05) is 0 Å². The molecule has 0 radical (unpaired) electrons. The molecule has 0 bridgehead atoms. The molecule has 4 rings (SSSR count). The first-order chi connectivity index (χ1) is 14.4. The number of likely N-dealkylation sites (N-methyl/N-ethyl adjacent to an activating group) is 1. The Morgan fingerprint density at radius 3 is 2.80 bits per heavy atom. The van der Waals surface area contributed by atoms with Crippen molar-refractivity contribution in [2.45, 2.75) is 13.8 Å². The highest BCUT2D eigenvalue weighted by Crippen LogP contribution is 2.32. The summed E-state index contributed by atoms with van der Waals surface area (Å²) >= 11 is 0. The second-order valence-corrected chi connectivity index (χ2v) is 7.98. The van der Waals surface area contributed by atoms with Crippen LogP contribution in [-0.4, -0.2) is 77.9 Å². The molecule has 2 aliphatic rings. The van der Waals surface area contributed by atoms with Gasteiger partial charge in [-0.15, -0.1) is 0 Å². The second kappa shape index (κ2) is 8.41. The number of aryl methyl sites for hydroxylation is 1. The summed E-state index contributed by atoms with van der Waals surface area (Å²) < 4.78 is 0. The number of piperazine rings is 1. The summed E-state index contributed by atoms with van der Waals surface area (Å²) in [4.78, 5) is 37.4. The van der Waals surface area contributed by atoms with Crippen molar-refractivity contribution in [1.29, 1.82) is 0 Å². The third-order valence-corrected chi connectivity index (χ3v) is 5.86. The molecule has 30 heavy (non-hydrogen) atoms. The van der Waals surface area contributed by atoms with Crippen LogP contribution in [0.5, 0.6) is 0 Å². The molecule has 8 nitrogen and oxygen atoms in total. The predicted molar refractivity (Wildman–Crippen MR) is 117 cm³/mol. The van der Waals surface area contributed by atoms with Crippen molar-refractivity contribution in [1.82, 2.24) is 25.1 Å². The Morgan fingerprint density at radius 1 is 1.27 bits per heavy atom. The third-order valence-electron chi connectivity index (χ3n) is 5.86. The summed E-state index contributed by atoms with van der Waals surface area (Å²) in [6.45, 7) is 9.43. The number of carbonyl (C=O) groups is 2. The molecule has 2 aliphatic heterocycles. The summed E-state index contributed by atoms with van der Waals surface area (Å²) in [5.74, 6) is -0.275. The Morgan fingerprint density at radius 2 is 2.03 bits per heavy atom. The number of fused-ring (bicyclic) bond motifs is 1. The van der Waals surface area contributed by atoms with Gasteiger partial charge in [0.2, 0.25) is 0 Å². The Labute approximate surface area is 176 Å². The van der Waals surface area contributed by atoms with Crippen LogP contribution in [0.2, 0.25) is 0 Å². The fourth-order valence-corrected chi connectivity index (χ4v) is 4.04. The zero-order chi connectivity index (χ0) is 21.3. The molecule has 2 aromatic heterocycles. The van der Waals surface area contributed by atoms with E-state index in [9.17, 15) is 9.59 Å². The lowest BCUT2D eigenvalue weighted by Gasteiger charge is -2.32. The van der Waals surface area contributed by atoms with Crippen LogP contribution in [0.15, 0.2) is 18.3 Å². The van der Waals surface area contributed by atoms with Crippen molar-refractivity contribution in [2.24, 2.45) is 0 Å². The summed E-state index contributed by atoms with van der Waals surface area (Å²) in [5, 5.41) is 5.87. The van der Waals surface area contributed by atoms with Gasteiger partial charge < -0.3 is 20.5 Å². The van der Waals surface area contributed by atoms with Crippen molar-refractivity contribution >= 4 is 29.2 Å². The normalized spacial score (nSPS) is 18.5. The van der Waals surface area contributed by atoms with E-state index in [1.807, 2.05) is 19.9 Å². The number of amides is 2. The van der Waals surface area contributed by atoms with Gasteiger partial charge in [-0.25, -0.2) is 0 Å². The van der Waals surface area contributed by atoms with Gasteiger partial charge in [-0.3, -0.25) is 19.5 Å². The number of anilines is 1. The minimum absolute atomic E-state index is 0.0885. The lowest BCUT2D eigenvalue weighted by atomic mass is 10.1. The summed E-state index contributed by atoms with van der Waals surface area (Å²) in [6, 6.07) is 3.61. The first-order valence-electron chi connectivity index (χ1n) is 10.3. The number of nitrogens with zero attached hydrogens (tertiary/aromatic N) is 3. The number of hydrogen-bond acceptors (Lipinski definition) is 5. The number of nitrogens with one attached hydrogen (secondary N) is 3. The van der Waals surface area contributed by atoms with Gasteiger partial charge in [-0.2, -0.15) is 0 Å². The van der Waals surface area contributed by atoms with Crippen molar-refractivity contribution < 1.29 is 9.59 Å². The highest BCUT2D eigenvalue weighted by atomic mass is 16.2. The average Bonchev–Trinajstić information content (AvgIpc) is 3.19. The molecule has 0 atom stereocenters. The second-order valence-electron chi connectivity index (χ2n) is 7.98. The van der Waals surface area contributed by atoms with E-state index in [4.69, 9.17) is 0 Å². The molecule has 1 saturated heterocycles. The molecule has 158 valence electrons. The average molecular weight is 409 g/mol. The number of aromatic nitrogens is 2. The molecule has 4 heterocycles. The molecular weight excluding hydrogens is 380 g/mol. The van der Waals surface area contributed by atoms with Crippen LogP contribution < -0.4 is 10.6 Å². The minimum atomic E-state index is -0.187. The summed E-state index contributed by atoms with van der Waals surface area (Å²) in [6.07, 6.45) is 3.44. The van der Waals surface area contributed by atoms with E-state index in [0.717, 1.165) is 49.7 Å². The standard InChI is InChI=1S/C22H28N6O2/c1-14-18(13-16-20-17(26-21(16)29)5-4-6-23-20)25-15(2)19(14)22(30)24-7-8-28-11-9-27(3)10-12-28/h4-6,13,25H,7-12H2,1-3H3,(H,24,30)(H,26,29). The van der Waals surface area contributed by atoms with Crippen LogP contribution >= 0.6 is 0 Å². The number of aromatic amines is 1. The molecule has 0 aromatic carbocycles. The smallest absolute Gasteiger partial charge is 0.258 e. The van der Waals surface area contributed by atoms with Gasteiger partial charge in [0, 0.05) is 56.9 Å². The third kappa shape index (κ3) is 4.01. The van der Waals surface area contributed by atoms with Crippen LogP contribution in [0.3, 0.4) is 0 Å². The molecule has 0 spiro atoms. The lowest BCUT2D eigenvalue weighted by Crippen LogP contribution is -2.46. The van der Waals surface area contributed by atoms with Crippen molar-refractivity contribution in [2.75, 3.05) is 51.6 Å². The maximum Gasteiger partial charge on any atom is 0.258 e. The Hall–Kier alpha value is -2.97. The van der Waals surface area contributed by atoms with Crippen molar-refractivity contribution in [3.8, 4) is 0 Å². The number of hydrogen-bond donors (Lipinski definition) is 3. The molecule has 3 N–H and O–H groups in total. The fraction of sp³-hybridized carbons (Fsp3) is 0.409. The van der Waals surface area contributed by atoms with E-state index in [-0.39, 0.29) is 11.8 Å². The van der Waals surface area contributed by atoms with Crippen LogP contribution in [0.25, 0.3) is 11.6 Å². The molecule has 2 aromatic rings. The molecule has 1 fully saturated rings. The van der Waals surface area contributed by atoms with E-state index >= 15 is 0 Å². The van der Waals surface area contributed by atoms with Crippen molar-refractivity contribution in [3.05, 3.63) is 46.5 Å². The molecule has 2 amide bonds. The first kappa shape index (κ1) is 20.3. The maximum atomic E-state index is 12.8. The zero-order valence-corrected chi connectivity index (χ0v) is 17.7. The van der Waals surface area contributed by atoms with Gasteiger partial charge in [0.25, 0.3) is 11.8 Å². The van der Waals surface area contributed by atoms with Crippen LogP contribution in [0.1, 0.15) is 33.0 Å². The number of carbonyl (C=O) groups excluding carboxylic acids is 2. The number of rotatable bonds is 5. The van der Waals surface area contributed by atoms with E-state index < -0.39 is 0 Å². The minimum Gasteiger partial charge on any atom is -0.358 e. The van der Waals surface area contributed by atoms with E-state index in [2.05, 4.69) is 37.4 Å². The zero-order valence-electron chi connectivity index (χ0n) is 17.7. The van der Waals surface area contributed by atoms with Crippen molar-refractivity contribution in [3.63, 3.8) is 0 Å².